The lowest BCUT2D eigenvalue weighted by atomic mass is 9.85. The Balaban J connectivity index is 2.18. The first-order valence-corrected chi connectivity index (χ1v) is 7.17. The Hall–Kier alpha value is -0.220. The number of allylic oxidation sites excluding steroid dienone is 2. The quantitative estimate of drug-likeness (QED) is 0.582. The summed E-state index contributed by atoms with van der Waals surface area (Å²) in [5, 5.41) is 0.116. The number of rotatable bonds is 0. The molecule has 2 nitrogen and oxygen atoms in total. The van der Waals surface area contributed by atoms with Gasteiger partial charge in [-0.15, -0.1) is 0 Å². The summed E-state index contributed by atoms with van der Waals surface area (Å²) in [5.74, 6) is 0.235. The van der Waals surface area contributed by atoms with Crippen LogP contribution in [0, 0.1) is 5.92 Å². The van der Waals surface area contributed by atoms with Gasteiger partial charge in [-0.2, -0.15) is 0 Å². The second-order valence-electron chi connectivity index (χ2n) is 4.37. The summed E-state index contributed by atoms with van der Waals surface area (Å²) in [6.07, 6.45) is 6.13. The van der Waals surface area contributed by atoms with Crippen LogP contribution < -0.4 is 0 Å². The zero-order valence-electron chi connectivity index (χ0n) is 8.10. The third-order valence-corrected chi connectivity index (χ3v) is 7.86. The molecule has 0 aliphatic carbocycles. The lowest BCUT2D eigenvalue weighted by Crippen LogP contribution is -2.33. The molecule has 0 saturated carbocycles. The van der Waals surface area contributed by atoms with Crippen LogP contribution in [0.5, 0.6) is 0 Å². The smallest absolute Gasteiger partial charge is 0.0691 e. The van der Waals surface area contributed by atoms with Gasteiger partial charge in [0.05, 0.1) is 26.0 Å². The molecule has 0 aromatic heterocycles. The molecule has 0 aromatic carbocycles. The largest absolute Gasteiger partial charge is 0.258 e. The molecule has 3 rings (SSSR count). The van der Waals surface area contributed by atoms with Gasteiger partial charge >= 0.3 is 0 Å². The zero-order valence-corrected chi connectivity index (χ0v) is 9.73. The molecule has 3 aliphatic rings. The lowest BCUT2D eigenvalue weighted by Gasteiger charge is -2.23. The van der Waals surface area contributed by atoms with Crippen LogP contribution in [0.3, 0.4) is 0 Å². The Labute approximate surface area is 88.4 Å². The van der Waals surface area contributed by atoms with Crippen molar-refractivity contribution in [3.63, 3.8) is 0 Å². The Morgan fingerprint density at radius 1 is 1.43 bits per heavy atom. The van der Waals surface area contributed by atoms with Crippen LogP contribution >= 0.6 is 0 Å². The minimum Gasteiger partial charge on any atom is -0.258 e. The highest BCUT2D eigenvalue weighted by Gasteiger charge is 2.61. The highest BCUT2D eigenvalue weighted by molar-refractivity contribution is 7.94. The maximum Gasteiger partial charge on any atom is 0.0691 e. The van der Waals surface area contributed by atoms with Crippen LogP contribution in [0.4, 0.5) is 0 Å². The Kier molecular flexibility index (Phi) is 1.60. The molecule has 14 heavy (non-hydrogen) atoms. The van der Waals surface area contributed by atoms with Crippen molar-refractivity contribution in [3.05, 3.63) is 23.1 Å². The van der Waals surface area contributed by atoms with E-state index in [2.05, 4.69) is 12.2 Å². The fraction of sp³-hybridized carbons (Fsp3) is 0.600. The van der Waals surface area contributed by atoms with Gasteiger partial charge in [-0.3, -0.25) is 8.42 Å². The van der Waals surface area contributed by atoms with Crippen molar-refractivity contribution in [2.75, 3.05) is 0 Å². The molecular formula is C10H12O2S2. The predicted molar refractivity (Wildman–Crippen MR) is 58.7 cm³/mol. The van der Waals surface area contributed by atoms with E-state index in [1.807, 2.05) is 19.9 Å². The van der Waals surface area contributed by atoms with Crippen molar-refractivity contribution in [1.29, 1.82) is 0 Å². The molecule has 2 bridgehead atoms. The van der Waals surface area contributed by atoms with Gasteiger partial charge in [0, 0.05) is 21.6 Å². The maximum absolute atomic E-state index is 12.0. The molecular weight excluding hydrogens is 216 g/mol. The predicted octanol–water partition coefficient (Wildman–Crippen LogP) is 1.10. The minimum absolute atomic E-state index is 0.0273. The number of hydrogen-bond donors (Lipinski definition) is 0. The fourth-order valence-corrected chi connectivity index (χ4v) is 7.05. The van der Waals surface area contributed by atoms with Gasteiger partial charge in [-0.1, -0.05) is 18.2 Å². The second-order valence-corrected chi connectivity index (χ2v) is 8.17. The normalized spacial score (nSPS) is 59.0. The molecule has 4 heteroatoms. The highest BCUT2D eigenvalue weighted by Crippen LogP contribution is 2.52. The van der Waals surface area contributed by atoms with Gasteiger partial charge in [0.2, 0.25) is 0 Å². The molecule has 1 fully saturated rings. The van der Waals surface area contributed by atoms with Crippen LogP contribution in [0.2, 0.25) is 0 Å². The van der Waals surface area contributed by atoms with Gasteiger partial charge in [0.1, 0.15) is 0 Å². The fourth-order valence-electron chi connectivity index (χ4n) is 2.77. The Morgan fingerprint density at radius 2 is 2.14 bits per heavy atom. The first-order chi connectivity index (χ1) is 6.55. The lowest BCUT2D eigenvalue weighted by molar-refractivity contribution is 0.544. The van der Waals surface area contributed by atoms with Gasteiger partial charge in [0.15, 0.2) is 0 Å². The summed E-state index contributed by atoms with van der Waals surface area (Å²) in [7, 11) is -1.76. The molecule has 0 spiro atoms. The SMILES string of the molecule is CC1=C[C@@H]2[C@@H]([C@@H]3C=C[C@@]2(C)S3=O)S1=O. The summed E-state index contributed by atoms with van der Waals surface area (Å²) in [6.45, 7) is 3.94. The summed E-state index contributed by atoms with van der Waals surface area (Å²) < 4.78 is 23.7. The monoisotopic (exact) mass is 228 g/mol. The molecule has 0 aromatic rings. The third-order valence-electron chi connectivity index (χ3n) is 3.62. The van der Waals surface area contributed by atoms with E-state index >= 15 is 0 Å². The molecule has 6 atom stereocenters. The molecule has 3 heterocycles. The van der Waals surface area contributed by atoms with E-state index in [1.54, 1.807) is 0 Å². The van der Waals surface area contributed by atoms with E-state index in [0.717, 1.165) is 4.91 Å². The first kappa shape index (κ1) is 9.04. The van der Waals surface area contributed by atoms with Crippen LogP contribution in [0.1, 0.15) is 13.8 Å². The van der Waals surface area contributed by atoms with Crippen molar-refractivity contribution in [1.82, 2.24) is 0 Å². The van der Waals surface area contributed by atoms with Crippen LogP contribution in [-0.4, -0.2) is 23.7 Å². The summed E-state index contributed by atoms with van der Waals surface area (Å²) in [4.78, 5) is 0.969. The van der Waals surface area contributed by atoms with E-state index < -0.39 is 21.6 Å². The molecule has 0 N–H and O–H groups in total. The number of fused-ring (bicyclic) bond motifs is 5. The first-order valence-electron chi connectivity index (χ1n) is 4.75. The van der Waals surface area contributed by atoms with E-state index in [4.69, 9.17) is 0 Å². The minimum atomic E-state index is -0.902. The van der Waals surface area contributed by atoms with Crippen molar-refractivity contribution in [3.8, 4) is 0 Å². The van der Waals surface area contributed by atoms with Gasteiger partial charge in [0.25, 0.3) is 0 Å². The standard InChI is InChI=1S/C10H12O2S2/c1-6-5-7-9(13(6)11)8-3-4-10(7,2)14(8)12/h3-5,7-9H,1-2H3/t7-,8+,9+,10-,13?,14?/m1/s1. The summed E-state index contributed by atoms with van der Waals surface area (Å²) in [5.41, 5.74) is 0. The van der Waals surface area contributed by atoms with Crippen molar-refractivity contribution in [2.24, 2.45) is 5.92 Å². The Bertz CT molecular complexity index is 424. The molecule has 1 saturated heterocycles. The van der Waals surface area contributed by atoms with E-state index in [0.29, 0.717) is 0 Å². The van der Waals surface area contributed by atoms with Gasteiger partial charge < -0.3 is 0 Å². The molecule has 3 aliphatic heterocycles. The number of hydrogen-bond acceptors (Lipinski definition) is 2. The second kappa shape index (κ2) is 2.47. The van der Waals surface area contributed by atoms with Crippen LogP contribution in [0.15, 0.2) is 23.1 Å². The zero-order chi connectivity index (χ0) is 10.1. The topological polar surface area (TPSA) is 34.1 Å². The van der Waals surface area contributed by atoms with E-state index in [9.17, 15) is 8.42 Å². The van der Waals surface area contributed by atoms with E-state index in [-0.39, 0.29) is 21.2 Å². The summed E-state index contributed by atoms with van der Waals surface area (Å²) in [6, 6.07) is 0. The molecule has 0 amide bonds. The van der Waals surface area contributed by atoms with Crippen molar-refractivity contribution >= 4 is 21.6 Å². The van der Waals surface area contributed by atoms with Crippen LogP contribution in [-0.2, 0) is 21.6 Å². The average Bonchev–Trinajstić information content (AvgIpc) is 2.65. The van der Waals surface area contributed by atoms with Crippen molar-refractivity contribution < 1.29 is 8.42 Å². The highest BCUT2D eigenvalue weighted by atomic mass is 32.2. The Morgan fingerprint density at radius 3 is 2.79 bits per heavy atom. The molecule has 76 valence electrons. The summed E-state index contributed by atoms with van der Waals surface area (Å²) >= 11 is 0. The van der Waals surface area contributed by atoms with Crippen molar-refractivity contribution in [2.45, 2.75) is 29.1 Å². The molecule has 2 unspecified atom stereocenters. The van der Waals surface area contributed by atoms with E-state index in [1.165, 1.54) is 0 Å². The molecule has 0 radical (unpaired) electrons. The van der Waals surface area contributed by atoms with Crippen LogP contribution in [0.25, 0.3) is 0 Å². The third kappa shape index (κ3) is 0.784. The van der Waals surface area contributed by atoms with Gasteiger partial charge in [-0.25, -0.2) is 0 Å². The maximum atomic E-state index is 12.0. The average molecular weight is 228 g/mol. The van der Waals surface area contributed by atoms with Gasteiger partial charge in [-0.05, 0) is 13.8 Å².